The van der Waals surface area contributed by atoms with E-state index in [0.717, 1.165) is 28.2 Å². The van der Waals surface area contributed by atoms with Crippen LogP contribution in [0.4, 0.5) is 5.69 Å². The van der Waals surface area contributed by atoms with Crippen molar-refractivity contribution in [3.8, 4) is 0 Å². The molecule has 1 aromatic heterocycles. The van der Waals surface area contributed by atoms with Crippen LogP contribution in [0.25, 0.3) is 0 Å². The average Bonchev–Trinajstić information content (AvgIpc) is 3.15. The van der Waals surface area contributed by atoms with Crippen molar-refractivity contribution in [1.29, 1.82) is 0 Å². The molecule has 7 nitrogen and oxygen atoms in total. The fourth-order valence-electron chi connectivity index (χ4n) is 3.82. The molecular weight excluding hydrogens is 414 g/mol. The van der Waals surface area contributed by atoms with Gasteiger partial charge in [0.2, 0.25) is 11.7 Å². The number of anilines is 1. The highest BCUT2D eigenvalue weighted by atomic mass is 32.2. The van der Waals surface area contributed by atoms with E-state index in [2.05, 4.69) is 9.97 Å². The summed E-state index contributed by atoms with van der Waals surface area (Å²) < 4.78 is 5.39. The number of hydrogen-bond acceptors (Lipinski definition) is 7. The van der Waals surface area contributed by atoms with Crippen molar-refractivity contribution in [1.82, 2.24) is 9.97 Å². The molecule has 8 heteroatoms. The van der Waals surface area contributed by atoms with Crippen LogP contribution in [0, 0.1) is 13.8 Å². The van der Waals surface area contributed by atoms with Gasteiger partial charge < -0.3 is 9.64 Å². The highest BCUT2D eigenvalue weighted by molar-refractivity contribution is 7.98. The molecule has 0 bridgehead atoms. The Morgan fingerprint density at radius 2 is 1.87 bits per heavy atom. The quantitative estimate of drug-likeness (QED) is 0.281. The van der Waals surface area contributed by atoms with Crippen molar-refractivity contribution in [3.63, 3.8) is 0 Å². The smallest absolute Gasteiger partial charge is 0.306 e. The van der Waals surface area contributed by atoms with Gasteiger partial charge in [0, 0.05) is 42.5 Å². The SMILES string of the molecule is CSc1nc(C)c(CCC(=O)OC(C)C(=O)c2ccc3c(c2)CCN3C(C)=O)c(C)n1. The highest BCUT2D eigenvalue weighted by Crippen LogP contribution is 2.29. The second-order valence-corrected chi connectivity index (χ2v) is 8.39. The standard InChI is InChI=1S/C23H27N3O4S/c1-13-19(14(2)25-23(24-13)31-5)7-9-21(28)30-15(3)22(29)18-6-8-20-17(12-18)10-11-26(20)16(4)27/h6,8,12,15H,7,9-11H2,1-5H3. The van der Waals surface area contributed by atoms with Gasteiger partial charge in [0.1, 0.15) is 0 Å². The first-order chi connectivity index (χ1) is 14.7. The lowest BCUT2D eigenvalue weighted by Gasteiger charge is -2.16. The Morgan fingerprint density at radius 3 is 2.48 bits per heavy atom. The molecule has 3 rings (SSSR count). The number of aromatic nitrogens is 2. The van der Waals surface area contributed by atoms with Crippen LogP contribution in [0.1, 0.15) is 53.1 Å². The Bertz CT molecular complexity index is 1010. The molecule has 0 spiro atoms. The first-order valence-electron chi connectivity index (χ1n) is 10.2. The molecule has 2 aromatic rings. The molecule has 0 N–H and O–H groups in total. The maximum atomic E-state index is 12.8. The summed E-state index contributed by atoms with van der Waals surface area (Å²) in [5.74, 6) is -0.700. The van der Waals surface area contributed by atoms with Crippen LogP contribution in [0.5, 0.6) is 0 Å². The van der Waals surface area contributed by atoms with E-state index >= 15 is 0 Å². The minimum absolute atomic E-state index is 0.0147. The van der Waals surface area contributed by atoms with E-state index in [4.69, 9.17) is 4.74 Å². The van der Waals surface area contributed by atoms with Crippen molar-refractivity contribution in [2.45, 2.75) is 58.2 Å². The number of fused-ring (bicyclic) bond motifs is 1. The number of amides is 1. The third-order valence-corrected chi connectivity index (χ3v) is 6.03. The number of ketones is 1. The van der Waals surface area contributed by atoms with Gasteiger partial charge >= 0.3 is 5.97 Å². The van der Waals surface area contributed by atoms with Crippen LogP contribution in [0.2, 0.25) is 0 Å². The summed E-state index contributed by atoms with van der Waals surface area (Å²) in [4.78, 5) is 47.4. The molecule has 1 aliphatic heterocycles. The van der Waals surface area contributed by atoms with Crippen molar-refractivity contribution in [2.75, 3.05) is 17.7 Å². The molecule has 0 aliphatic carbocycles. The molecule has 0 radical (unpaired) electrons. The predicted molar refractivity (Wildman–Crippen MR) is 120 cm³/mol. The van der Waals surface area contributed by atoms with E-state index < -0.39 is 12.1 Å². The van der Waals surface area contributed by atoms with Crippen LogP contribution >= 0.6 is 11.8 Å². The number of hydrogen-bond donors (Lipinski definition) is 0. The minimum Gasteiger partial charge on any atom is -0.454 e. The zero-order chi connectivity index (χ0) is 22.7. The van der Waals surface area contributed by atoms with Gasteiger partial charge in [0.05, 0.1) is 0 Å². The molecule has 1 amide bonds. The van der Waals surface area contributed by atoms with Crippen molar-refractivity contribution < 1.29 is 19.1 Å². The molecule has 31 heavy (non-hydrogen) atoms. The third kappa shape index (κ3) is 5.12. The lowest BCUT2D eigenvalue weighted by Crippen LogP contribution is -2.26. The maximum absolute atomic E-state index is 12.8. The molecule has 0 saturated heterocycles. The number of esters is 1. The molecule has 0 saturated carbocycles. The van der Waals surface area contributed by atoms with Crippen molar-refractivity contribution in [3.05, 3.63) is 46.3 Å². The van der Waals surface area contributed by atoms with E-state index in [1.165, 1.54) is 18.7 Å². The van der Waals surface area contributed by atoms with Gasteiger partial charge in [0.25, 0.3) is 0 Å². The van der Waals surface area contributed by atoms with Crippen LogP contribution in [0.3, 0.4) is 0 Å². The summed E-state index contributed by atoms with van der Waals surface area (Å²) >= 11 is 1.48. The fourth-order valence-corrected chi connectivity index (χ4v) is 4.27. The monoisotopic (exact) mass is 441 g/mol. The number of Topliss-reactive ketones (excluding diaryl/α,β-unsaturated/α-hetero) is 1. The molecule has 164 valence electrons. The summed E-state index contributed by atoms with van der Waals surface area (Å²) in [6, 6.07) is 5.27. The third-order valence-electron chi connectivity index (χ3n) is 5.48. The Hall–Kier alpha value is -2.74. The van der Waals surface area contributed by atoms with Crippen molar-refractivity contribution >= 4 is 35.1 Å². The van der Waals surface area contributed by atoms with Gasteiger partial charge in [-0.15, -0.1) is 0 Å². The van der Waals surface area contributed by atoms with Gasteiger partial charge in [-0.2, -0.15) is 0 Å². The first kappa shape index (κ1) is 22.9. The van der Waals surface area contributed by atoms with Crippen LogP contribution in [-0.4, -0.2) is 46.5 Å². The molecule has 0 fully saturated rings. The van der Waals surface area contributed by atoms with Crippen LogP contribution < -0.4 is 4.90 Å². The molecule has 1 aliphatic rings. The molecule has 2 heterocycles. The molecule has 1 unspecified atom stereocenters. The lowest BCUT2D eigenvalue weighted by atomic mass is 10.0. The Balaban J connectivity index is 1.60. The van der Waals surface area contributed by atoms with Crippen LogP contribution in [-0.2, 0) is 27.2 Å². The summed E-state index contributed by atoms with van der Waals surface area (Å²) in [7, 11) is 0. The topological polar surface area (TPSA) is 89.5 Å². The van der Waals surface area contributed by atoms with Gasteiger partial charge in [0.15, 0.2) is 11.3 Å². The van der Waals surface area contributed by atoms with Gasteiger partial charge in [-0.05, 0) is 69.2 Å². The number of benzene rings is 1. The molecule has 1 aromatic carbocycles. The Labute approximate surface area is 186 Å². The van der Waals surface area contributed by atoms with Gasteiger partial charge in [-0.25, -0.2) is 9.97 Å². The number of rotatable bonds is 7. The van der Waals surface area contributed by atoms with E-state index in [1.807, 2.05) is 20.1 Å². The number of thioether (sulfide) groups is 1. The summed E-state index contributed by atoms with van der Waals surface area (Å²) in [6.07, 6.45) is 2.36. The van der Waals surface area contributed by atoms with E-state index in [0.29, 0.717) is 30.1 Å². The molecular formula is C23H27N3O4S. The zero-order valence-electron chi connectivity index (χ0n) is 18.5. The van der Waals surface area contributed by atoms with Gasteiger partial charge in [-0.3, -0.25) is 14.4 Å². The number of ether oxygens (including phenoxy) is 1. The van der Waals surface area contributed by atoms with Crippen molar-refractivity contribution in [2.24, 2.45) is 0 Å². The largest absolute Gasteiger partial charge is 0.454 e. The summed E-state index contributed by atoms with van der Waals surface area (Å²) in [6.45, 7) is 7.54. The van der Waals surface area contributed by atoms with E-state index in [1.54, 1.807) is 30.0 Å². The zero-order valence-corrected chi connectivity index (χ0v) is 19.3. The fraction of sp³-hybridized carbons (Fsp3) is 0.435. The minimum atomic E-state index is -0.881. The number of nitrogens with zero attached hydrogens (tertiary/aromatic N) is 3. The molecule has 1 atom stereocenters. The van der Waals surface area contributed by atoms with Crippen LogP contribution in [0.15, 0.2) is 23.4 Å². The normalized spacial score (nSPS) is 13.6. The average molecular weight is 442 g/mol. The second-order valence-electron chi connectivity index (χ2n) is 7.62. The van der Waals surface area contributed by atoms with Gasteiger partial charge in [-0.1, -0.05) is 11.8 Å². The lowest BCUT2D eigenvalue weighted by molar-refractivity contribution is -0.146. The summed E-state index contributed by atoms with van der Waals surface area (Å²) in [5, 5.41) is 0.710. The van der Waals surface area contributed by atoms with E-state index in [9.17, 15) is 14.4 Å². The maximum Gasteiger partial charge on any atom is 0.306 e. The number of carbonyl (C=O) groups excluding carboxylic acids is 3. The number of carbonyl (C=O) groups is 3. The summed E-state index contributed by atoms with van der Waals surface area (Å²) in [5.41, 5.74) is 4.92. The Morgan fingerprint density at radius 1 is 1.19 bits per heavy atom. The predicted octanol–water partition coefficient (Wildman–Crippen LogP) is 3.47. The first-order valence-corrected chi connectivity index (χ1v) is 11.5. The van der Waals surface area contributed by atoms with E-state index in [-0.39, 0.29) is 18.1 Å². The number of aryl methyl sites for hydroxylation is 2. The second kappa shape index (κ2) is 9.60. The Kier molecular flexibility index (Phi) is 7.10. The highest BCUT2D eigenvalue weighted by Gasteiger charge is 2.25.